The van der Waals surface area contributed by atoms with Crippen LogP contribution in [0.2, 0.25) is 0 Å². The third kappa shape index (κ3) is 4.14. The summed E-state index contributed by atoms with van der Waals surface area (Å²) in [4.78, 5) is 2.44. The van der Waals surface area contributed by atoms with Gasteiger partial charge in [0.1, 0.15) is 0 Å². The first-order valence-electron chi connectivity index (χ1n) is 6.70. The van der Waals surface area contributed by atoms with Crippen LogP contribution in [0.1, 0.15) is 25.3 Å². The summed E-state index contributed by atoms with van der Waals surface area (Å²) in [6.45, 7) is 5.73. The summed E-state index contributed by atoms with van der Waals surface area (Å²) in [5, 5.41) is 3.57. The molecule has 2 atom stereocenters. The van der Waals surface area contributed by atoms with Gasteiger partial charge in [0.25, 0.3) is 0 Å². The van der Waals surface area contributed by atoms with Gasteiger partial charge in [0.05, 0.1) is 0 Å². The molecule has 0 amide bonds. The summed E-state index contributed by atoms with van der Waals surface area (Å²) in [5.41, 5.74) is 1.41. The van der Waals surface area contributed by atoms with E-state index in [9.17, 15) is 0 Å². The molecule has 0 aromatic heterocycles. The molecule has 17 heavy (non-hydrogen) atoms. The number of benzene rings is 1. The van der Waals surface area contributed by atoms with E-state index in [1.807, 2.05) is 0 Å². The van der Waals surface area contributed by atoms with E-state index in [4.69, 9.17) is 0 Å². The predicted molar refractivity (Wildman–Crippen MR) is 73.0 cm³/mol. The number of nitrogens with zero attached hydrogens (tertiary/aromatic N) is 1. The van der Waals surface area contributed by atoms with Gasteiger partial charge in [-0.05, 0) is 44.8 Å². The molecular formula is C15H24N2. The van der Waals surface area contributed by atoms with E-state index < -0.39 is 0 Å². The molecule has 1 aliphatic heterocycles. The van der Waals surface area contributed by atoms with Crippen LogP contribution in [-0.2, 0) is 6.54 Å². The van der Waals surface area contributed by atoms with Crippen molar-refractivity contribution in [2.75, 3.05) is 20.1 Å². The average molecular weight is 232 g/mol. The van der Waals surface area contributed by atoms with Crippen molar-refractivity contribution >= 4 is 0 Å². The van der Waals surface area contributed by atoms with Gasteiger partial charge in [-0.25, -0.2) is 0 Å². The maximum Gasteiger partial charge on any atom is 0.0230 e. The minimum atomic E-state index is 0.714. The van der Waals surface area contributed by atoms with Crippen molar-refractivity contribution in [3.05, 3.63) is 35.9 Å². The fourth-order valence-electron chi connectivity index (χ4n) is 2.61. The number of hydrogen-bond donors (Lipinski definition) is 1. The molecule has 1 heterocycles. The van der Waals surface area contributed by atoms with Crippen LogP contribution in [0.3, 0.4) is 0 Å². The van der Waals surface area contributed by atoms with Crippen molar-refractivity contribution in [2.45, 2.75) is 32.4 Å². The van der Waals surface area contributed by atoms with Gasteiger partial charge in [-0.3, -0.25) is 0 Å². The molecule has 1 aliphatic rings. The highest BCUT2D eigenvalue weighted by atomic mass is 15.1. The van der Waals surface area contributed by atoms with Gasteiger partial charge in [-0.2, -0.15) is 0 Å². The lowest BCUT2D eigenvalue weighted by molar-refractivity contribution is 0.222. The zero-order valence-corrected chi connectivity index (χ0v) is 11.0. The monoisotopic (exact) mass is 232 g/mol. The molecule has 0 spiro atoms. The van der Waals surface area contributed by atoms with E-state index in [2.05, 4.69) is 54.5 Å². The van der Waals surface area contributed by atoms with Crippen molar-refractivity contribution in [3.63, 3.8) is 0 Å². The minimum absolute atomic E-state index is 0.714. The van der Waals surface area contributed by atoms with Crippen LogP contribution in [0, 0.1) is 5.92 Å². The summed E-state index contributed by atoms with van der Waals surface area (Å²) >= 11 is 0. The number of nitrogens with one attached hydrogen (secondary N) is 1. The van der Waals surface area contributed by atoms with Crippen LogP contribution < -0.4 is 5.32 Å². The van der Waals surface area contributed by atoms with Crippen LogP contribution in [0.15, 0.2) is 30.3 Å². The normalized spacial score (nSPS) is 25.1. The third-order valence-corrected chi connectivity index (χ3v) is 3.63. The van der Waals surface area contributed by atoms with Crippen molar-refractivity contribution < 1.29 is 0 Å². The summed E-state index contributed by atoms with van der Waals surface area (Å²) in [7, 11) is 2.23. The van der Waals surface area contributed by atoms with Crippen LogP contribution >= 0.6 is 0 Å². The molecule has 0 bridgehead atoms. The Morgan fingerprint density at radius 2 is 2.00 bits per heavy atom. The summed E-state index contributed by atoms with van der Waals surface area (Å²) in [5.74, 6) is 0.819. The van der Waals surface area contributed by atoms with Gasteiger partial charge in [0, 0.05) is 19.1 Å². The van der Waals surface area contributed by atoms with Gasteiger partial charge in [-0.15, -0.1) is 0 Å². The van der Waals surface area contributed by atoms with Gasteiger partial charge in [-0.1, -0.05) is 30.3 Å². The topological polar surface area (TPSA) is 15.3 Å². The Bertz CT molecular complexity index is 315. The van der Waals surface area contributed by atoms with Gasteiger partial charge < -0.3 is 10.2 Å². The Morgan fingerprint density at radius 3 is 2.65 bits per heavy atom. The van der Waals surface area contributed by atoms with E-state index in [1.54, 1.807) is 0 Å². The Hall–Kier alpha value is -0.860. The zero-order chi connectivity index (χ0) is 12.1. The molecule has 0 radical (unpaired) electrons. The van der Waals surface area contributed by atoms with E-state index >= 15 is 0 Å². The average Bonchev–Trinajstić information content (AvgIpc) is 2.33. The highest BCUT2D eigenvalue weighted by Crippen LogP contribution is 2.15. The summed E-state index contributed by atoms with van der Waals surface area (Å²) < 4.78 is 0. The second-order valence-corrected chi connectivity index (χ2v) is 5.44. The predicted octanol–water partition coefficient (Wildman–Crippen LogP) is 2.51. The Labute approximate surface area is 105 Å². The third-order valence-electron chi connectivity index (χ3n) is 3.63. The summed E-state index contributed by atoms with van der Waals surface area (Å²) in [6, 6.07) is 11.4. The van der Waals surface area contributed by atoms with E-state index in [0.717, 1.165) is 12.5 Å². The zero-order valence-electron chi connectivity index (χ0n) is 11.0. The molecule has 0 saturated carbocycles. The fourth-order valence-corrected chi connectivity index (χ4v) is 2.61. The van der Waals surface area contributed by atoms with E-state index in [0.29, 0.717) is 6.04 Å². The minimum Gasteiger partial charge on any atom is -0.314 e. The molecule has 1 aromatic carbocycles. The molecule has 2 rings (SSSR count). The van der Waals surface area contributed by atoms with Gasteiger partial charge in [0.2, 0.25) is 0 Å². The first kappa shape index (κ1) is 12.6. The number of piperidine rings is 1. The highest BCUT2D eigenvalue weighted by Gasteiger charge is 2.18. The largest absolute Gasteiger partial charge is 0.314 e. The Balaban J connectivity index is 1.76. The van der Waals surface area contributed by atoms with Gasteiger partial charge >= 0.3 is 0 Å². The van der Waals surface area contributed by atoms with Gasteiger partial charge in [0.15, 0.2) is 0 Å². The first-order valence-corrected chi connectivity index (χ1v) is 6.70. The quantitative estimate of drug-likeness (QED) is 0.858. The Morgan fingerprint density at radius 1 is 1.24 bits per heavy atom. The maximum atomic E-state index is 3.57. The number of hydrogen-bond acceptors (Lipinski definition) is 2. The Kier molecular flexibility index (Phi) is 4.57. The lowest BCUT2D eigenvalue weighted by Gasteiger charge is -2.30. The molecule has 2 unspecified atom stereocenters. The van der Waals surface area contributed by atoms with Crippen LogP contribution in [0.5, 0.6) is 0 Å². The second-order valence-electron chi connectivity index (χ2n) is 5.44. The molecule has 2 nitrogen and oxygen atoms in total. The lowest BCUT2D eigenvalue weighted by Crippen LogP contribution is -2.41. The molecule has 94 valence electrons. The standard InChI is InChI=1S/C15H24N2/c1-13-8-9-15(10-16-13)12-17(2)11-14-6-4-3-5-7-14/h3-7,13,15-16H,8-12H2,1-2H3. The SMILES string of the molecule is CC1CCC(CN(C)Cc2ccccc2)CN1. The number of rotatable bonds is 4. The maximum absolute atomic E-state index is 3.57. The van der Waals surface area contributed by atoms with Crippen molar-refractivity contribution in [3.8, 4) is 0 Å². The molecule has 1 N–H and O–H groups in total. The molecule has 0 aliphatic carbocycles. The molecule has 1 aromatic rings. The smallest absolute Gasteiger partial charge is 0.0230 e. The van der Waals surface area contributed by atoms with Crippen molar-refractivity contribution in [1.82, 2.24) is 10.2 Å². The highest BCUT2D eigenvalue weighted by molar-refractivity contribution is 5.14. The van der Waals surface area contributed by atoms with Crippen molar-refractivity contribution in [2.24, 2.45) is 5.92 Å². The molecule has 2 heteroatoms. The second kappa shape index (κ2) is 6.18. The summed E-state index contributed by atoms with van der Waals surface area (Å²) in [6.07, 6.45) is 2.69. The first-order chi connectivity index (χ1) is 8.24. The molecule has 1 saturated heterocycles. The van der Waals surface area contributed by atoms with Crippen LogP contribution in [-0.4, -0.2) is 31.1 Å². The van der Waals surface area contributed by atoms with Crippen molar-refractivity contribution in [1.29, 1.82) is 0 Å². The fraction of sp³-hybridized carbons (Fsp3) is 0.600. The molecular weight excluding hydrogens is 208 g/mol. The lowest BCUT2D eigenvalue weighted by atomic mass is 9.95. The van der Waals surface area contributed by atoms with Crippen LogP contribution in [0.25, 0.3) is 0 Å². The molecule has 1 fully saturated rings. The van der Waals surface area contributed by atoms with E-state index in [-0.39, 0.29) is 0 Å². The van der Waals surface area contributed by atoms with E-state index in [1.165, 1.54) is 31.5 Å². The van der Waals surface area contributed by atoms with Crippen LogP contribution in [0.4, 0.5) is 0 Å².